The molecule has 6 heteroatoms. The van der Waals surface area contributed by atoms with Gasteiger partial charge in [-0.2, -0.15) is 0 Å². The Morgan fingerprint density at radius 3 is 2.68 bits per heavy atom. The van der Waals surface area contributed by atoms with Gasteiger partial charge in [0, 0.05) is 44.6 Å². The molecule has 0 aliphatic carbocycles. The molecule has 3 aliphatic heterocycles. The number of piperidine rings is 1. The Morgan fingerprint density at radius 2 is 1.89 bits per heavy atom. The van der Waals surface area contributed by atoms with Gasteiger partial charge in [-0.15, -0.1) is 0 Å². The van der Waals surface area contributed by atoms with Crippen molar-refractivity contribution in [3.63, 3.8) is 0 Å². The largest absolute Gasteiger partial charge is 0.341 e. The van der Waals surface area contributed by atoms with Gasteiger partial charge in [-0.1, -0.05) is 20.3 Å². The fourth-order valence-corrected chi connectivity index (χ4v) is 5.32. The molecule has 0 N–H and O–H groups in total. The van der Waals surface area contributed by atoms with Crippen LogP contribution in [0.3, 0.4) is 0 Å². The summed E-state index contributed by atoms with van der Waals surface area (Å²) in [5.74, 6) is 2.68. The number of fused-ring (bicyclic) bond motifs is 1. The molecule has 1 aromatic rings. The number of aromatic nitrogens is 2. The first-order chi connectivity index (χ1) is 13.5. The van der Waals surface area contributed by atoms with E-state index in [0.29, 0.717) is 18.4 Å². The van der Waals surface area contributed by atoms with E-state index in [1.807, 2.05) is 4.57 Å². The second kappa shape index (κ2) is 8.36. The molecule has 6 nitrogen and oxygen atoms in total. The molecule has 28 heavy (non-hydrogen) atoms. The lowest BCUT2D eigenvalue weighted by atomic mass is 9.92. The van der Waals surface area contributed by atoms with Crippen molar-refractivity contribution in [3.8, 4) is 0 Å². The molecule has 4 rings (SSSR count). The maximum Gasteiger partial charge on any atom is 0.253 e. The summed E-state index contributed by atoms with van der Waals surface area (Å²) in [5.41, 5.74) is 1.04. The predicted octanol–water partition coefficient (Wildman–Crippen LogP) is 2.26. The maximum atomic E-state index is 12.8. The van der Waals surface area contributed by atoms with Crippen LogP contribution in [0.4, 0.5) is 0 Å². The van der Waals surface area contributed by atoms with Gasteiger partial charge in [-0.3, -0.25) is 19.1 Å². The molecule has 0 unspecified atom stereocenters. The van der Waals surface area contributed by atoms with Crippen LogP contribution in [-0.2, 0) is 17.8 Å². The zero-order valence-electron chi connectivity index (χ0n) is 17.4. The van der Waals surface area contributed by atoms with Crippen molar-refractivity contribution < 1.29 is 4.79 Å². The molecule has 0 radical (unpaired) electrons. The van der Waals surface area contributed by atoms with Gasteiger partial charge in [0.15, 0.2) is 0 Å². The summed E-state index contributed by atoms with van der Waals surface area (Å²) >= 11 is 0. The lowest BCUT2D eigenvalue weighted by molar-refractivity contribution is -0.134. The van der Waals surface area contributed by atoms with Crippen LogP contribution in [-0.4, -0.2) is 58.0 Å². The first-order valence-corrected chi connectivity index (χ1v) is 11.1. The van der Waals surface area contributed by atoms with Crippen LogP contribution in [0, 0.1) is 11.8 Å². The standard InChI is InChI=1S/C22H34N4O2/c1-16-10-17(2)13-25(12-16)22(28)15-24-9-7-18(14-24)19-11-21(27)26-8-5-3-4-6-20(26)23-19/h11,16-18H,3-10,12-15H2,1-2H3/t16-,17+,18-/m1/s1. The second-order valence-corrected chi connectivity index (χ2v) is 9.36. The summed E-state index contributed by atoms with van der Waals surface area (Å²) in [6.07, 6.45) is 6.47. The second-order valence-electron chi connectivity index (χ2n) is 9.36. The van der Waals surface area contributed by atoms with Gasteiger partial charge in [-0.25, -0.2) is 4.98 Å². The number of hydrogen-bond acceptors (Lipinski definition) is 4. The fourth-order valence-electron chi connectivity index (χ4n) is 5.32. The van der Waals surface area contributed by atoms with E-state index in [0.717, 1.165) is 69.9 Å². The van der Waals surface area contributed by atoms with E-state index >= 15 is 0 Å². The van der Waals surface area contributed by atoms with Gasteiger partial charge in [0.05, 0.1) is 12.2 Å². The van der Waals surface area contributed by atoms with Crippen LogP contribution >= 0.6 is 0 Å². The number of aryl methyl sites for hydroxylation is 1. The van der Waals surface area contributed by atoms with Crippen LogP contribution in [0.25, 0.3) is 0 Å². The Morgan fingerprint density at radius 1 is 1.11 bits per heavy atom. The fraction of sp³-hybridized carbons (Fsp3) is 0.773. The first kappa shape index (κ1) is 19.6. The molecule has 154 valence electrons. The van der Waals surface area contributed by atoms with E-state index in [9.17, 15) is 9.59 Å². The normalized spacial score (nSPS) is 28.8. The molecule has 1 amide bonds. The molecular formula is C22H34N4O2. The highest BCUT2D eigenvalue weighted by atomic mass is 16.2. The highest BCUT2D eigenvalue weighted by Gasteiger charge is 2.31. The molecule has 2 saturated heterocycles. The van der Waals surface area contributed by atoms with Crippen molar-refractivity contribution in [3.05, 3.63) is 27.9 Å². The molecule has 0 spiro atoms. The van der Waals surface area contributed by atoms with Crippen LogP contribution < -0.4 is 5.56 Å². The molecule has 1 aromatic heterocycles. The van der Waals surface area contributed by atoms with Gasteiger partial charge in [0.1, 0.15) is 5.82 Å². The van der Waals surface area contributed by atoms with Crippen molar-refractivity contribution in [2.24, 2.45) is 11.8 Å². The molecule has 4 heterocycles. The third-order valence-electron chi connectivity index (χ3n) is 6.66. The Kier molecular flexibility index (Phi) is 5.85. The lowest BCUT2D eigenvalue weighted by Crippen LogP contribution is -2.46. The van der Waals surface area contributed by atoms with Crippen LogP contribution in [0.15, 0.2) is 10.9 Å². The zero-order chi connectivity index (χ0) is 19.7. The van der Waals surface area contributed by atoms with Crippen molar-refractivity contribution in [2.45, 2.75) is 64.8 Å². The summed E-state index contributed by atoms with van der Waals surface area (Å²) in [6, 6.07) is 1.75. The van der Waals surface area contributed by atoms with Crippen molar-refractivity contribution in [1.29, 1.82) is 0 Å². The molecular weight excluding hydrogens is 352 g/mol. The minimum absolute atomic E-state index is 0.104. The third-order valence-corrected chi connectivity index (χ3v) is 6.66. The molecule has 2 fully saturated rings. The Labute approximate surface area is 167 Å². The molecule has 0 aromatic carbocycles. The van der Waals surface area contributed by atoms with E-state index < -0.39 is 0 Å². The maximum absolute atomic E-state index is 12.8. The smallest absolute Gasteiger partial charge is 0.253 e. The highest BCUT2D eigenvalue weighted by molar-refractivity contribution is 5.78. The van der Waals surface area contributed by atoms with Gasteiger partial charge in [-0.05, 0) is 44.1 Å². The van der Waals surface area contributed by atoms with Crippen molar-refractivity contribution in [2.75, 3.05) is 32.7 Å². The zero-order valence-corrected chi connectivity index (χ0v) is 17.4. The third kappa shape index (κ3) is 4.32. The van der Waals surface area contributed by atoms with E-state index in [-0.39, 0.29) is 17.4 Å². The predicted molar refractivity (Wildman–Crippen MR) is 109 cm³/mol. The van der Waals surface area contributed by atoms with Gasteiger partial charge in [0.25, 0.3) is 5.56 Å². The monoisotopic (exact) mass is 386 g/mol. The van der Waals surface area contributed by atoms with Gasteiger partial charge >= 0.3 is 0 Å². The van der Waals surface area contributed by atoms with E-state index in [1.165, 1.54) is 12.8 Å². The minimum atomic E-state index is 0.104. The van der Waals surface area contributed by atoms with Crippen LogP contribution in [0.2, 0.25) is 0 Å². The minimum Gasteiger partial charge on any atom is -0.341 e. The number of hydrogen-bond donors (Lipinski definition) is 0. The number of carbonyl (C=O) groups excluding carboxylic acids is 1. The summed E-state index contributed by atoms with van der Waals surface area (Å²) < 4.78 is 1.87. The van der Waals surface area contributed by atoms with Crippen LogP contribution in [0.1, 0.15) is 63.4 Å². The number of rotatable bonds is 3. The Balaban J connectivity index is 1.39. The van der Waals surface area contributed by atoms with Gasteiger partial charge in [0.2, 0.25) is 5.91 Å². The Hall–Kier alpha value is -1.69. The SMILES string of the molecule is C[C@@H]1C[C@H](C)CN(C(=O)CN2CC[C@@H](c3cc(=O)n4c(n3)CCCCC4)C2)C1. The summed E-state index contributed by atoms with van der Waals surface area (Å²) in [4.78, 5) is 34.5. The first-order valence-electron chi connectivity index (χ1n) is 11.1. The molecule has 0 saturated carbocycles. The number of amides is 1. The van der Waals surface area contributed by atoms with E-state index in [4.69, 9.17) is 4.98 Å². The van der Waals surface area contributed by atoms with Gasteiger partial charge < -0.3 is 4.90 Å². The van der Waals surface area contributed by atoms with E-state index in [2.05, 4.69) is 23.6 Å². The highest BCUT2D eigenvalue weighted by Crippen LogP contribution is 2.27. The Bertz CT molecular complexity index is 764. The lowest BCUT2D eigenvalue weighted by Gasteiger charge is -2.35. The number of carbonyl (C=O) groups is 1. The molecule has 3 atom stereocenters. The van der Waals surface area contributed by atoms with Crippen molar-refractivity contribution in [1.82, 2.24) is 19.4 Å². The summed E-state index contributed by atoms with van der Waals surface area (Å²) in [7, 11) is 0. The average Bonchev–Trinajstić information content (AvgIpc) is 2.97. The average molecular weight is 387 g/mol. The van der Waals surface area contributed by atoms with E-state index in [1.54, 1.807) is 6.07 Å². The topological polar surface area (TPSA) is 58.4 Å². The molecule has 3 aliphatic rings. The summed E-state index contributed by atoms with van der Waals surface area (Å²) in [5, 5.41) is 0. The number of nitrogens with zero attached hydrogens (tertiary/aromatic N) is 4. The van der Waals surface area contributed by atoms with Crippen molar-refractivity contribution >= 4 is 5.91 Å². The summed E-state index contributed by atoms with van der Waals surface area (Å²) in [6.45, 7) is 9.32. The quantitative estimate of drug-likeness (QED) is 0.800. The van der Waals surface area contributed by atoms with Crippen LogP contribution in [0.5, 0.6) is 0 Å². The molecule has 0 bridgehead atoms. The number of likely N-dealkylation sites (tertiary alicyclic amines) is 2.